The summed E-state index contributed by atoms with van der Waals surface area (Å²) in [5, 5.41) is 6.07. The average Bonchev–Trinajstić information content (AvgIpc) is 2.37. The monoisotopic (exact) mass is 252 g/mol. The molecule has 0 aromatic carbocycles. The molecule has 1 heterocycles. The van der Waals surface area contributed by atoms with Crippen LogP contribution in [0.2, 0.25) is 0 Å². The number of aryl methyl sites for hydroxylation is 1. The van der Waals surface area contributed by atoms with Crippen molar-refractivity contribution in [3.63, 3.8) is 0 Å². The SMILES string of the molecule is CCOC(=O)CCCNc1nc(NC)ncc1C. The highest BCUT2D eigenvalue weighted by molar-refractivity contribution is 5.69. The summed E-state index contributed by atoms with van der Waals surface area (Å²) in [6.07, 6.45) is 2.90. The lowest BCUT2D eigenvalue weighted by Gasteiger charge is -2.09. The van der Waals surface area contributed by atoms with Gasteiger partial charge >= 0.3 is 5.97 Å². The summed E-state index contributed by atoms with van der Waals surface area (Å²) in [5.74, 6) is 1.21. The minimum Gasteiger partial charge on any atom is -0.466 e. The third-order valence-electron chi connectivity index (χ3n) is 2.35. The quantitative estimate of drug-likeness (QED) is 0.567. The van der Waals surface area contributed by atoms with Crippen LogP contribution in [0.1, 0.15) is 25.3 Å². The third kappa shape index (κ3) is 4.57. The lowest BCUT2D eigenvalue weighted by atomic mass is 10.3. The molecule has 0 aliphatic heterocycles. The number of carbonyl (C=O) groups excluding carboxylic acids is 1. The lowest BCUT2D eigenvalue weighted by Crippen LogP contribution is -2.10. The molecule has 0 spiro atoms. The van der Waals surface area contributed by atoms with Gasteiger partial charge in [0.2, 0.25) is 5.95 Å². The van der Waals surface area contributed by atoms with Crippen molar-refractivity contribution in [3.8, 4) is 0 Å². The average molecular weight is 252 g/mol. The van der Waals surface area contributed by atoms with Crippen molar-refractivity contribution in [3.05, 3.63) is 11.8 Å². The number of carbonyl (C=O) groups is 1. The van der Waals surface area contributed by atoms with Crippen LogP contribution in [0.25, 0.3) is 0 Å². The molecule has 1 aromatic rings. The molecule has 0 amide bonds. The fraction of sp³-hybridized carbons (Fsp3) is 0.583. The first-order chi connectivity index (χ1) is 8.67. The van der Waals surface area contributed by atoms with Gasteiger partial charge in [-0.15, -0.1) is 0 Å². The Morgan fingerprint density at radius 1 is 1.50 bits per heavy atom. The summed E-state index contributed by atoms with van der Waals surface area (Å²) in [7, 11) is 1.77. The van der Waals surface area contributed by atoms with Gasteiger partial charge in [-0.1, -0.05) is 0 Å². The van der Waals surface area contributed by atoms with Gasteiger partial charge in [-0.3, -0.25) is 4.79 Å². The highest BCUT2D eigenvalue weighted by Gasteiger charge is 2.04. The van der Waals surface area contributed by atoms with Crippen molar-refractivity contribution in [1.29, 1.82) is 0 Å². The Morgan fingerprint density at radius 2 is 2.28 bits per heavy atom. The van der Waals surface area contributed by atoms with Crippen LogP contribution in [0.4, 0.5) is 11.8 Å². The topological polar surface area (TPSA) is 76.1 Å². The summed E-state index contributed by atoms with van der Waals surface area (Å²) in [5.41, 5.74) is 0.977. The maximum atomic E-state index is 11.1. The van der Waals surface area contributed by atoms with E-state index < -0.39 is 0 Å². The van der Waals surface area contributed by atoms with Crippen LogP contribution in [-0.4, -0.2) is 36.1 Å². The molecule has 0 aliphatic rings. The number of nitrogens with zero attached hydrogens (tertiary/aromatic N) is 2. The van der Waals surface area contributed by atoms with Gasteiger partial charge < -0.3 is 15.4 Å². The zero-order valence-corrected chi connectivity index (χ0v) is 11.1. The molecule has 0 bridgehead atoms. The highest BCUT2D eigenvalue weighted by Crippen LogP contribution is 2.12. The van der Waals surface area contributed by atoms with Crippen molar-refractivity contribution >= 4 is 17.7 Å². The molecule has 18 heavy (non-hydrogen) atoms. The van der Waals surface area contributed by atoms with E-state index in [-0.39, 0.29) is 5.97 Å². The van der Waals surface area contributed by atoms with Crippen LogP contribution in [0, 0.1) is 6.92 Å². The molecule has 0 unspecified atom stereocenters. The maximum Gasteiger partial charge on any atom is 0.305 e. The summed E-state index contributed by atoms with van der Waals surface area (Å²) in [4.78, 5) is 19.5. The molecular formula is C12H20N4O2. The number of anilines is 2. The standard InChI is InChI=1S/C12H20N4O2/c1-4-18-10(17)6-5-7-14-11-9(2)8-15-12(13-3)16-11/h8H,4-7H2,1-3H3,(H2,13,14,15,16). The zero-order valence-electron chi connectivity index (χ0n) is 11.1. The predicted octanol–water partition coefficient (Wildman–Crippen LogP) is 1.58. The van der Waals surface area contributed by atoms with E-state index in [1.165, 1.54) is 0 Å². The molecule has 0 atom stereocenters. The van der Waals surface area contributed by atoms with Crippen LogP contribution >= 0.6 is 0 Å². The smallest absolute Gasteiger partial charge is 0.305 e. The fourth-order valence-corrected chi connectivity index (χ4v) is 1.41. The van der Waals surface area contributed by atoms with Crippen LogP contribution in [0.5, 0.6) is 0 Å². The molecule has 6 heteroatoms. The maximum absolute atomic E-state index is 11.1. The minimum atomic E-state index is -0.158. The second-order valence-electron chi connectivity index (χ2n) is 3.81. The van der Waals surface area contributed by atoms with Crippen LogP contribution in [0.3, 0.4) is 0 Å². The molecule has 0 fully saturated rings. The first-order valence-corrected chi connectivity index (χ1v) is 6.08. The van der Waals surface area contributed by atoms with E-state index in [1.807, 2.05) is 6.92 Å². The summed E-state index contributed by atoms with van der Waals surface area (Å²) in [6, 6.07) is 0. The van der Waals surface area contributed by atoms with Crippen LogP contribution in [-0.2, 0) is 9.53 Å². The molecule has 0 radical (unpaired) electrons. The number of nitrogens with one attached hydrogen (secondary N) is 2. The van der Waals surface area contributed by atoms with Gasteiger partial charge in [-0.25, -0.2) is 4.98 Å². The van der Waals surface area contributed by atoms with E-state index in [0.717, 1.165) is 17.8 Å². The first-order valence-electron chi connectivity index (χ1n) is 6.08. The number of ether oxygens (including phenoxy) is 1. The van der Waals surface area contributed by atoms with Crippen molar-refractivity contribution in [2.24, 2.45) is 0 Å². The summed E-state index contributed by atoms with van der Waals surface area (Å²) >= 11 is 0. The zero-order chi connectivity index (χ0) is 13.4. The number of esters is 1. The normalized spacial score (nSPS) is 9.94. The van der Waals surface area contributed by atoms with Crippen molar-refractivity contribution < 1.29 is 9.53 Å². The third-order valence-corrected chi connectivity index (χ3v) is 2.35. The summed E-state index contributed by atoms with van der Waals surface area (Å²) < 4.78 is 4.85. The van der Waals surface area contributed by atoms with E-state index in [1.54, 1.807) is 20.2 Å². The van der Waals surface area contributed by atoms with E-state index in [4.69, 9.17) is 4.74 Å². The van der Waals surface area contributed by atoms with Gasteiger partial charge in [0.05, 0.1) is 6.61 Å². The van der Waals surface area contributed by atoms with Gasteiger partial charge in [-0.2, -0.15) is 4.98 Å². The van der Waals surface area contributed by atoms with Crippen LogP contribution < -0.4 is 10.6 Å². The molecule has 0 aliphatic carbocycles. The largest absolute Gasteiger partial charge is 0.466 e. The molecule has 100 valence electrons. The molecule has 1 aromatic heterocycles. The van der Waals surface area contributed by atoms with Gasteiger partial charge in [0, 0.05) is 31.8 Å². The Bertz CT molecular complexity index is 396. The molecular weight excluding hydrogens is 232 g/mol. The predicted molar refractivity (Wildman–Crippen MR) is 70.7 cm³/mol. The fourth-order valence-electron chi connectivity index (χ4n) is 1.41. The van der Waals surface area contributed by atoms with Gasteiger partial charge in [-0.05, 0) is 20.3 Å². The van der Waals surface area contributed by atoms with Gasteiger partial charge in [0.15, 0.2) is 0 Å². The van der Waals surface area contributed by atoms with Gasteiger partial charge in [0.25, 0.3) is 0 Å². The molecule has 0 saturated carbocycles. The molecule has 6 nitrogen and oxygen atoms in total. The molecule has 1 rings (SSSR count). The Morgan fingerprint density at radius 3 is 2.94 bits per heavy atom. The first kappa shape index (κ1) is 14.2. The van der Waals surface area contributed by atoms with E-state index >= 15 is 0 Å². The second kappa shape index (κ2) is 7.47. The van der Waals surface area contributed by atoms with Crippen molar-refractivity contribution in [2.45, 2.75) is 26.7 Å². The van der Waals surface area contributed by atoms with E-state index in [9.17, 15) is 4.79 Å². The van der Waals surface area contributed by atoms with E-state index in [0.29, 0.717) is 25.5 Å². The highest BCUT2D eigenvalue weighted by atomic mass is 16.5. The Hall–Kier alpha value is -1.85. The van der Waals surface area contributed by atoms with Crippen molar-refractivity contribution in [2.75, 3.05) is 30.8 Å². The lowest BCUT2D eigenvalue weighted by molar-refractivity contribution is -0.143. The van der Waals surface area contributed by atoms with E-state index in [2.05, 4.69) is 20.6 Å². The number of hydrogen-bond acceptors (Lipinski definition) is 6. The van der Waals surface area contributed by atoms with Crippen LogP contribution in [0.15, 0.2) is 6.20 Å². The number of rotatable bonds is 7. The molecule has 0 saturated heterocycles. The minimum absolute atomic E-state index is 0.158. The number of hydrogen-bond donors (Lipinski definition) is 2. The Labute approximate surface area is 107 Å². The summed E-state index contributed by atoms with van der Waals surface area (Å²) in [6.45, 7) is 4.86. The molecule has 2 N–H and O–H groups in total. The number of aromatic nitrogens is 2. The van der Waals surface area contributed by atoms with Gasteiger partial charge in [0.1, 0.15) is 5.82 Å². The van der Waals surface area contributed by atoms with Crippen molar-refractivity contribution in [1.82, 2.24) is 9.97 Å². The second-order valence-corrected chi connectivity index (χ2v) is 3.81. The Kier molecular flexibility index (Phi) is 5.90. The Balaban J connectivity index is 2.37.